The lowest BCUT2D eigenvalue weighted by molar-refractivity contribution is -0.117. The van der Waals surface area contributed by atoms with Crippen molar-refractivity contribution in [3.63, 3.8) is 0 Å². The van der Waals surface area contributed by atoms with Crippen LogP contribution < -0.4 is 5.32 Å². The smallest absolute Gasteiger partial charge is 0.238 e. The first-order chi connectivity index (χ1) is 9.58. The van der Waals surface area contributed by atoms with Crippen LogP contribution in [0.25, 0.3) is 0 Å². The number of carbonyl (C=O) groups is 1. The molecule has 4 nitrogen and oxygen atoms in total. The molecular formula is C14H18F2N2O2. The number of carbonyl (C=O) groups excluding carboxylic acids is 1. The van der Waals surface area contributed by atoms with Gasteiger partial charge in [-0.1, -0.05) is 0 Å². The highest BCUT2D eigenvalue weighted by molar-refractivity contribution is 5.92. The molecule has 6 heteroatoms. The van der Waals surface area contributed by atoms with Gasteiger partial charge >= 0.3 is 0 Å². The quantitative estimate of drug-likeness (QED) is 0.919. The molecule has 2 rings (SSSR count). The zero-order valence-electron chi connectivity index (χ0n) is 11.4. The number of halogens is 2. The Labute approximate surface area is 116 Å². The van der Waals surface area contributed by atoms with Crippen molar-refractivity contribution in [1.82, 2.24) is 4.90 Å². The molecule has 1 saturated heterocycles. The van der Waals surface area contributed by atoms with Gasteiger partial charge in [0.05, 0.1) is 18.3 Å². The molecule has 1 aromatic carbocycles. The zero-order valence-corrected chi connectivity index (χ0v) is 11.4. The minimum Gasteiger partial charge on any atom is -0.381 e. The summed E-state index contributed by atoms with van der Waals surface area (Å²) in [6.45, 7) is 1.70. The van der Waals surface area contributed by atoms with Crippen LogP contribution in [-0.4, -0.2) is 43.7 Å². The number of nitrogens with one attached hydrogen (secondary N) is 1. The van der Waals surface area contributed by atoms with Gasteiger partial charge in [0.25, 0.3) is 0 Å². The lowest BCUT2D eigenvalue weighted by Crippen LogP contribution is -2.41. The van der Waals surface area contributed by atoms with E-state index in [9.17, 15) is 13.6 Å². The fraction of sp³-hybridized carbons (Fsp3) is 0.500. The molecule has 0 atom stereocenters. The van der Waals surface area contributed by atoms with E-state index in [0.717, 1.165) is 44.1 Å². The van der Waals surface area contributed by atoms with Gasteiger partial charge in [0.15, 0.2) is 0 Å². The fourth-order valence-electron chi connectivity index (χ4n) is 2.29. The molecule has 1 aliphatic rings. The van der Waals surface area contributed by atoms with Gasteiger partial charge in [0.2, 0.25) is 5.91 Å². The van der Waals surface area contributed by atoms with E-state index < -0.39 is 11.6 Å². The number of anilines is 1. The first-order valence-corrected chi connectivity index (χ1v) is 6.58. The topological polar surface area (TPSA) is 41.6 Å². The SMILES string of the molecule is COC1CCN(CC(=O)Nc2cc(F)ccc2F)CC1. The zero-order chi connectivity index (χ0) is 14.5. The summed E-state index contributed by atoms with van der Waals surface area (Å²) in [6, 6.07) is 2.99. The van der Waals surface area contributed by atoms with Crippen LogP contribution in [0, 0.1) is 11.6 Å². The molecule has 1 aromatic rings. The number of likely N-dealkylation sites (tertiary alicyclic amines) is 1. The van der Waals surface area contributed by atoms with Crippen molar-refractivity contribution in [2.24, 2.45) is 0 Å². The predicted octanol–water partition coefficient (Wildman–Crippen LogP) is 2.01. The monoisotopic (exact) mass is 284 g/mol. The van der Waals surface area contributed by atoms with E-state index in [4.69, 9.17) is 4.74 Å². The largest absolute Gasteiger partial charge is 0.381 e. The Balaban J connectivity index is 1.85. The van der Waals surface area contributed by atoms with Gasteiger partial charge in [-0.05, 0) is 25.0 Å². The van der Waals surface area contributed by atoms with Gasteiger partial charge in [-0.3, -0.25) is 9.69 Å². The van der Waals surface area contributed by atoms with E-state index in [1.807, 2.05) is 4.90 Å². The van der Waals surface area contributed by atoms with Crippen molar-refractivity contribution in [2.75, 3.05) is 32.1 Å². The van der Waals surface area contributed by atoms with E-state index in [1.165, 1.54) is 0 Å². The van der Waals surface area contributed by atoms with E-state index in [2.05, 4.69) is 5.32 Å². The van der Waals surface area contributed by atoms with Gasteiger partial charge in [-0.2, -0.15) is 0 Å². The van der Waals surface area contributed by atoms with Gasteiger partial charge in [0, 0.05) is 26.3 Å². The maximum Gasteiger partial charge on any atom is 0.238 e. The number of hydrogen-bond donors (Lipinski definition) is 1. The molecule has 1 N–H and O–H groups in total. The lowest BCUT2D eigenvalue weighted by atomic mass is 10.1. The van der Waals surface area contributed by atoms with Crippen LogP contribution in [0.5, 0.6) is 0 Å². The highest BCUT2D eigenvalue weighted by atomic mass is 19.1. The number of rotatable bonds is 4. The third-order valence-corrected chi connectivity index (χ3v) is 3.44. The Morgan fingerprint density at radius 2 is 2.10 bits per heavy atom. The molecule has 0 radical (unpaired) electrons. The van der Waals surface area contributed by atoms with Crippen LogP contribution in [-0.2, 0) is 9.53 Å². The number of ether oxygens (including phenoxy) is 1. The van der Waals surface area contributed by atoms with Crippen LogP contribution in [0.4, 0.5) is 14.5 Å². The molecule has 0 saturated carbocycles. The van der Waals surface area contributed by atoms with E-state index in [0.29, 0.717) is 0 Å². The predicted molar refractivity (Wildman–Crippen MR) is 71.5 cm³/mol. The van der Waals surface area contributed by atoms with Crippen LogP contribution >= 0.6 is 0 Å². The summed E-state index contributed by atoms with van der Waals surface area (Å²) in [5, 5.41) is 2.40. The minimum atomic E-state index is -0.641. The number of methoxy groups -OCH3 is 1. The Morgan fingerprint density at radius 1 is 1.40 bits per heavy atom. The average Bonchev–Trinajstić information content (AvgIpc) is 2.43. The summed E-state index contributed by atoms with van der Waals surface area (Å²) < 4.78 is 31.6. The molecule has 0 bridgehead atoms. The number of amides is 1. The highest BCUT2D eigenvalue weighted by Gasteiger charge is 2.20. The number of hydrogen-bond acceptors (Lipinski definition) is 3. The van der Waals surface area contributed by atoms with Crippen molar-refractivity contribution in [3.8, 4) is 0 Å². The highest BCUT2D eigenvalue weighted by Crippen LogP contribution is 2.16. The van der Waals surface area contributed by atoms with Gasteiger partial charge in [-0.15, -0.1) is 0 Å². The summed E-state index contributed by atoms with van der Waals surface area (Å²) in [4.78, 5) is 13.8. The standard InChI is InChI=1S/C14H18F2N2O2/c1-20-11-4-6-18(7-5-11)9-14(19)17-13-8-10(15)2-3-12(13)16/h2-3,8,11H,4-7,9H2,1H3,(H,17,19). The van der Waals surface area contributed by atoms with Crippen molar-refractivity contribution < 1.29 is 18.3 Å². The van der Waals surface area contributed by atoms with E-state index >= 15 is 0 Å². The molecule has 1 amide bonds. The Kier molecular flexibility index (Phi) is 5.03. The maximum absolute atomic E-state index is 13.4. The molecular weight excluding hydrogens is 266 g/mol. The first-order valence-electron chi connectivity index (χ1n) is 6.58. The molecule has 1 fully saturated rings. The minimum absolute atomic E-state index is 0.123. The number of piperidine rings is 1. The van der Waals surface area contributed by atoms with Crippen LogP contribution in [0.3, 0.4) is 0 Å². The van der Waals surface area contributed by atoms with Gasteiger partial charge < -0.3 is 10.1 Å². The number of benzene rings is 1. The normalized spacial score (nSPS) is 17.1. The molecule has 1 aliphatic heterocycles. The summed E-state index contributed by atoms with van der Waals surface area (Å²) in [7, 11) is 1.68. The lowest BCUT2D eigenvalue weighted by Gasteiger charge is -2.30. The van der Waals surface area contributed by atoms with Crippen LogP contribution in [0.15, 0.2) is 18.2 Å². The fourth-order valence-corrected chi connectivity index (χ4v) is 2.29. The summed E-state index contributed by atoms with van der Waals surface area (Å²) in [5.41, 5.74) is -0.123. The van der Waals surface area contributed by atoms with Crippen molar-refractivity contribution in [2.45, 2.75) is 18.9 Å². The third-order valence-electron chi connectivity index (χ3n) is 3.44. The second-order valence-electron chi connectivity index (χ2n) is 4.88. The molecule has 20 heavy (non-hydrogen) atoms. The summed E-state index contributed by atoms with van der Waals surface area (Å²) in [5.74, 6) is -1.56. The van der Waals surface area contributed by atoms with Crippen LogP contribution in [0.1, 0.15) is 12.8 Å². The second-order valence-corrected chi connectivity index (χ2v) is 4.88. The van der Waals surface area contributed by atoms with Crippen LogP contribution in [0.2, 0.25) is 0 Å². The van der Waals surface area contributed by atoms with Crippen molar-refractivity contribution in [1.29, 1.82) is 0 Å². The Bertz CT molecular complexity index is 474. The molecule has 0 aromatic heterocycles. The summed E-state index contributed by atoms with van der Waals surface area (Å²) >= 11 is 0. The summed E-state index contributed by atoms with van der Waals surface area (Å²) in [6.07, 6.45) is 1.99. The maximum atomic E-state index is 13.4. The van der Waals surface area contributed by atoms with E-state index in [-0.39, 0.29) is 24.2 Å². The first kappa shape index (κ1) is 14.9. The number of nitrogens with zero attached hydrogens (tertiary/aromatic N) is 1. The van der Waals surface area contributed by atoms with E-state index in [1.54, 1.807) is 7.11 Å². The van der Waals surface area contributed by atoms with Gasteiger partial charge in [0.1, 0.15) is 11.6 Å². The van der Waals surface area contributed by atoms with Gasteiger partial charge in [-0.25, -0.2) is 8.78 Å². The average molecular weight is 284 g/mol. The second kappa shape index (κ2) is 6.76. The molecule has 0 aliphatic carbocycles. The third kappa shape index (κ3) is 3.98. The van der Waals surface area contributed by atoms with Crippen molar-refractivity contribution in [3.05, 3.63) is 29.8 Å². The Hall–Kier alpha value is -1.53. The molecule has 110 valence electrons. The molecule has 0 spiro atoms. The van der Waals surface area contributed by atoms with Crippen molar-refractivity contribution >= 4 is 11.6 Å². The molecule has 0 unspecified atom stereocenters. The Morgan fingerprint density at radius 3 is 2.75 bits per heavy atom. The molecule has 1 heterocycles.